The Bertz CT molecular complexity index is 658. The highest BCUT2D eigenvalue weighted by molar-refractivity contribution is 5.94. The molecule has 3 fully saturated rings. The third-order valence-corrected chi connectivity index (χ3v) is 6.61. The van der Waals surface area contributed by atoms with Crippen molar-refractivity contribution in [3.8, 4) is 0 Å². The van der Waals surface area contributed by atoms with Gasteiger partial charge in [-0.25, -0.2) is 4.79 Å². The summed E-state index contributed by atoms with van der Waals surface area (Å²) in [6.45, 7) is 6.74. The molecule has 0 aromatic carbocycles. The van der Waals surface area contributed by atoms with E-state index in [1.54, 1.807) is 0 Å². The smallest absolute Gasteiger partial charge is 0.331 e. The zero-order valence-electron chi connectivity index (χ0n) is 15.2. The number of nitrogens with zero attached hydrogens (tertiary/aromatic N) is 1. The summed E-state index contributed by atoms with van der Waals surface area (Å²) in [6.07, 6.45) is 3.33. The largest absolute Gasteiger partial charge is 0.465 e. The SMILES string of the molecule is CC(=O)OC[C@@]1(C)/C(=N/OC(C)=O)CC[C@]23CC(=O)O[C@@]21CC[C@H]3C. The Balaban J connectivity index is 2.09. The fourth-order valence-electron chi connectivity index (χ4n) is 5.34. The van der Waals surface area contributed by atoms with E-state index in [1.165, 1.54) is 13.8 Å². The molecule has 3 rings (SSSR count). The molecular weight excluding hydrogens is 326 g/mol. The van der Waals surface area contributed by atoms with Crippen molar-refractivity contribution in [3.05, 3.63) is 0 Å². The maximum atomic E-state index is 12.3. The minimum Gasteiger partial charge on any atom is -0.465 e. The first-order valence-electron chi connectivity index (χ1n) is 8.77. The van der Waals surface area contributed by atoms with Gasteiger partial charge < -0.3 is 14.3 Å². The van der Waals surface area contributed by atoms with Crippen LogP contribution in [0.3, 0.4) is 0 Å². The van der Waals surface area contributed by atoms with Crippen LogP contribution in [-0.4, -0.2) is 35.8 Å². The molecule has 0 aromatic rings. The molecule has 1 aliphatic heterocycles. The zero-order chi connectivity index (χ0) is 18.5. The average Bonchev–Trinajstić information content (AvgIpc) is 2.98. The second-order valence-electron chi connectivity index (χ2n) is 7.81. The highest BCUT2D eigenvalue weighted by Crippen LogP contribution is 2.69. The highest BCUT2D eigenvalue weighted by Gasteiger charge is 2.75. The molecule has 0 amide bonds. The van der Waals surface area contributed by atoms with E-state index < -0.39 is 23.0 Å². The molecule has 0 spiro atoms. The lowest BCUT2D eigenvalue weighted by Gasteiger charge is -2.54. The molecule has 25 heavy (non-hydrogen) atoms. The van der Waals surface area contributed by atoms with Crippen LogP contribution in [0.15, 0.2) is 5.16 Å². The van der Waals surface area contributed by atoms with Gasteiger partial charge in [-0.05, 0) is 38.5 Å². The van der Waals surface area contributed by atoms with E-state index in [4.69, 9.17) is 14.3 Å². The summed E-state index contributed by atoms with van der Waals surface area (Å²) in [4.78, 5) is 39.9. The predicted molar refractivity (Wildman–Crippen MR) is 87.4 cm³/mol. The second-order valence-corrected chi connectivity index (χ2v) is 7.81. The highest BCUT2D eigenvalue weighted by atomic mass is 16.7. The molecule has 7 nitrogen and oxygen atoms in total. The van der Waals surface area contributed by atoms with Gasteiger partial charge in [-0.2, -0.15) is 0 Å². The predicted octanol–water partition coefficient (Wildman–Crippen LogP) is 2.37. The van der Waals surface area contributed by atoms with Crippen molar-refractivity contribution in [1.82, 2.24) is 0 Å². The number of hydrogen-bond acceptors (Lipinski definition) is 7. The molecule has 1 heterocycles. The minimum absolute atomic E-state index is 0.0458. The van der Waals surface area contributed by atoms with Gasteiger partial charge in [0.15, 0.2) is 0 Å². The van der Waals surface area contributed by atoms with Crippen LogP contribution in [0.4, 0.5) is 0 Å². The summed E-state index contributed by atoms with van der Waals surface area (Å²) >= 11 is 0. The Labute approximate surface area is 147 Å². The minimum atomic E-state index is -0.816. The summed E-state index contributed by atoms with van der Waals surface area (Å²) in [5.41, 5.74) is -1.26. The average molecular weight is 351 g/mol. The van der Waals surface area contributed by atoms with Gasteiger partial charge in [0.2, 0.25) is 0 Å². The van der Waals surface area contributed by atoms with Gasteiger partial charge in [0, 0.05) is 19.3 Å². The monoisotopic (exact) mass is 351 g/mol. The Morgan fingerprint density at radius 2 is 2.00 bits per heavy atom. The van der Waals surface area contributed by atoms with E-state index in [1.807, 2.05) is 6.92 Å². The topological polar surface area (TPSA) is 91.3 Å². The summed E-state index contributed by atoms with van der Waals surface area (Å²) in [6, 6.07) is 0. The van der Waals surface area contributed by atoms with Gasteiger partial charge in [0.05, 0.1) is 17.5 Å². The van der Waals surface area contributed by atoms with Crippen LogP contribution in [0.25, 0.3) is 0 Å². The third-order valence-electron chi connectivity index (χ3n) is 6.61. The number of esters is 2. The Morgan fingerprint density at radius 3 is 2.64 bits per heavy atom. The number of carbonyl (C=O) groups excluding carboxylic acids is 3. The fourth-order valence-corrected chi connectivity index (χ4v) is 5.34. The van der Waals surface area contributed by atoms with E-state index in [0.29, 0.717) is 30.9 Å². The van der Waals surface area contributed by atoms with E-state index >= 15 is 0 Å². The standard InChI is InChI=1S/C18H25NO6/c1-11-5-8-18-16(4,10-23-12(2)20)14(19-25-13(3)21)6-7-17(11,18)9-15(22)24-18/h11H,5-10H2,1-4H3/b19-14+/t11-,16+,17-,18-/m1/s1. The zero-order valence-corrected chi connectivity index (χ0v) is 15.2. The lowest BCUT2D eigenvalue weighted by molar-refractivity contribution is -0.176. The molecule has 0 N–H and O–H groups in total. The molecule has 1 saturated heterocycles. The normalized spacial score (nSPS) is 41.0. The van der Waals surface area contributed by atoms with Gasteiger partial charge in [-0.15, -0.1) is 0 Å². The maximum absolute atomic E-state index is 12.3. The molecule has 0 aromatic heterocycles. The van der Waals surface area contributed by atoms with Gasteiger partial charge >= 0.3 is 17.9 Å². The quantitative estimate of drug-likeness (QED) is 0.440. The molecule has 2 saturated carbocycles. The van der Waals surface area contributed by atoms with E-state index in [-0.39, 0.29) is 18.0 Å². The van der Waals surface area contributed by atoms with Crippen LogP contribution in [0.2, 0.25) is 0 Å². The number of carbonyl (C=O) groups is 3. The molecule has 2 aliphatic carbocycles. The van der Waals surface area contributed by atoms with Crippen LogP contribution >= 0.6 is 0 Å². The van der Waals surface area contributed by atoms with Gasteiger partial charge in [-0.3, -0.25) is 9.59 Å². The number of oxime groups is 1. The van der Waals surface area contributed by atoms with Gasteiger partial charge in [0.25, 0.3) is 0 Å². The van der Waals surface area contributed by atoms with Crippen molar-refractivity contribution >= 4 is 23.6 Å². The fraction of sp³-hybridized carbons (Fsp3) is 0.778. The molecule has 3 aliphatic rings. The third kappa shape index (κ3) is 2.39. The molecule has 138 valence electrons. The summed E-state index contributed by atoms with van der Waals surface area (Å²) in [7, 11) is 0. The molecule has 0 bridgehead atoms. The first kappa shape index (κ1) is 17.9. The maximum Gasteiger partial charge on any atom is 0.331 e. The Hall–Kier alpha value is -1.92. The second kappa shape index (κ2) is 5.81. The van der Waals surface area contributed by atoms with E-state index in [2.05, 4.69) is 12.1 Å². The molecular formula is C18H25NO6. The van der Waals surface area contributed by atoms with Crippen molar-refractivity contribution in [3.63, 3.8) is 0 Å². The lowest BCUT2D eigenvalue weighted by atomic mass is 9.51. The summed E-state index contributed by atoms with van der Waals surface area (Å²) in [5.74, 6) is -0.809. The van der Waals surface area contributed by atoms with Crippen LogP contribution in [0.5, 0.6) is 0 Å². The first-order chi connectivity index (χ1) is 11.7. The van der Waals surface area contributed by atoms with Crippen LogP contribution in [0, 0.1) is 16.7 Å². The number of ether oxygens (including phenoxy) is 2. The summed E-state index contributed by atoms with van der Waals surface area (Å²) < 4.78 is 11.3. The van der Waals surface area contributed by atoms with Crippen molar-refractivity contribution in [2.75, 3.05) is 6.61 Å². The van der Waals surface area contributed by atoms with E-state index in [9.17, 15) is 14.4 Å². The molecule has 0 radical (unpaired) electrons. The van der Waals surface area contributed by atoms with Crippen LogP contribution in [-0.2, 0) is 28.7 Å². The van der Waals surface area contributed by atoms with Crippen LogP contribution < -0.4 is 0 Å². The van der Waals surface area contributed by atoms with E-state index in [0.717, 1.165) is 12.8 Å². The molecule has 0 unspecified atom stereocenters. The van der Waals surface area contributed by atoms with Crippen molar-refractivity contribution in [1.29, 1.82) is 0 Å². The number of hydrogen-bond donors (Lipinski definition) is 0. The van der Waals surface area contributed by atoms with Crippen molar-refractivity contribution in [2.45, 2.75) is 65.4 Å². The van der Waals surface area contributed by atoms with Gasteiger partial charge in [0.1, 0.15) is 12.2 Å². The van der Waals surface area contributed by atoms with Gasteiger partial charge in [-0.1, -0.05) is 12.1 Å². The number of rotatable bonds is 3. The lowest BCUT2D eigenvalue weighted by Crippen LogP contribution is -2.63. The Morgan fingerprint density at radius 1 is 1.28 bits per heavy atom. The van der Waals surface area contributed by atoms with Crippen LogP contribution in [0.1, 0.15) is 59.8 Å². The summed E-state index contributed by atoms with van der Waals surface area (Å²) in [5, 5.41) is 4.06. The molecule has 7 heteroatoms. The Kier molecular flexibility index (Phi) is 4.16. The first-order valence-corrected chi connectivity index (χ1v) is 8.77. The molecule has 4 atom stereocenters. The van der Waals surface area contributed by atoms with Crippen molar-refractivity contribution < 1.29 is 28.7 Å². The van der Waals surface area contributed by atoms with Crippen molar-refractivity contribution in [2.24, 2.45) is 21.9 Å².